The van der Waals surface area contributed by atoms with Crippen LogP contribution in [0.2, 0.25) is 0 Å². The fourth-order valence-electron chi connectivity index (χ4n) is 2.94. The number of benzene rings is 1. The van der Waals surface area contributed by atoms with E-state index in [1.165, 1.54) is 5.56 Å². The van der Waals surface area contributed by atoms with E-state index >= 15 is 0 Å². The molecular weight excluding hydrogens is 304 g/mol. The van der Waals surface area contributed by atoms with Gasteiger partial charge in [-0.1, -0.05) is 45.0 Å². The minimum atomic E-state index is -0.194. The van der Waals surface area contributed by atoms with Gasteiger partial charge in [-0.15, -0.1) is 11.8 Å². The summed E-state index contributed by atoms with van der Waals surface area (Å²) in [6, 6.07) is 10.2. The first kappa shape index (κ1) is 16.0. The lowest BCUT2D eigenvalue weighted by Crippen LogP contribution is -2.30. The zero-order valence-electron chi connectivity index (χ0n) is 13.7. The largest absolute Gasteiger partial charge is 0.293 e. The Morgan fingerprint density at radius 2 is 1.96 bits per heavy atom. The first-order valence-corrected chi connectivity index (χ1v) is 8.91. The van der Waals surface area contributed by atoms with Crippen LogP contribution in [0.3, 0.4) is 0 Å². The molecule has 4 heteroatoms. The first-order valence-electron chi connectivity index (χ1n) is 7.92. The Morgan fingerprint density at radius 1 is 1.26 bits per heavy atom. The summed E-state index contributed by atoms with van der Waals surface area (Å²) in [7, 11) is 0. The van der Waals surface area contributed by atoms with Crippen molar-refractivity contribution >= 4 is 28.3 Å². The second-order valence-electron chi connectivity index (χ2n) is 7.02. The number of rotatable bonds is 1. The van der Waals surface area contributed by atoms with E-state index in [0.717, 1.165) is 29.2 Å². The van der Waals surface area contributed by atoms with Crippen LogP contribution < -0.4 is 0 Å². The highest BCUT2D eigenvalue weighted by molar-refractivity contribution is 8.14. The van der Waals surface area contributed by atoms with E-state index in [4.69, 9.17) is 0 Å². The molecule has 0 N–H and O–H groups in total. The van der Waals surface area contributed by atoms with Crippen molar-refractivity contribution in [3.05, 3.63) is 41.0 Å². The minimum Gasteiger partial charge on any atom is -0.293 e. The molecule has 2 heterocycles. The maximum absolute atomic E-state index is 12.6. The maximum atomic E-state index is 12.6. The van der Waals surface area contributed by atoms with Gasteiger partial charge in [0.15, 0.2) is 5.78 Å². The van der Waals surface area contributed by atoms with Gasteiger partial charge in [0.25, 0.3) is 0 Å². The van der Waals surface area contributed by atoms with Crippen LogP contribution in [0, 0.1) is 17.2 Å². The Kier molecular flexibility index (Phi) is 4.16. The molecule has 3 rings (SSSR count). The van der Waals surface area contributed by atoms with Crippen LogP contribution in [0.4, 0.5) is 0 Å². The van der Waals surface area contributed by atoms with Gasteiger partial charge in [-0.05, 0) is 29.6 Å². The summed E-state index contributed by atoms with van der Waals surface area (Å²) in [6.45, 7) is 6.49. The Morgan fingerprint density at radius 3 is 2.57 bits per heavy atom. The van der Waals surface area contributed by atoms with Gasteiger partial charge in [-0.25, -0.2) is 4.99 Å². The fraction of sp³-hybridized carbons (Fsp3) is 0.421. The molecular formula is C19H20N2OS. The lowest BCUT2D eigenvalue weighted by Gasteiger charge is -2.26. The molecule has 0 bridgehead atoms. The van der Waals surface area contributed by atoms with Crippen molar-refractivity contribution in [2.45, 2.75) is 39.0 Å². The van der Waals surface area contributed by atoms with Gasteiger partial charge in [-0.2, -0.15) is 5.26 Å². The summed E-state index contributed by atoms with van der Waals surface area (Å²) in [4.78, 5) is 17.3. The van der Waals surface area contributed by atoms with Gasteiger partial charge in [0.05, 0.1) is 16.7 Å². The van der Waals surface area contributed by atoms with E-state index in [1.54, 1.807) is 11.8 Å². The SMILES string of the molecule is CC(C)(C)c1ccc(C2=C(C#N)C(=O)C3CCCSC3=N2)cc1. The quantitative estimate of drug-likeness (QED) is 0.772. The van der Waals surface area contributed by atoms with Crippen molar-refractivity contribution in [2.24, 2.45) is 10.9 Å². The molecule has 23 heavy (non-hydrogen) atoms. The van der Waals surface area contributed by atoms with Crippen LogP contribution in [-0.2, 0) is 10.2 Å². The number of hydrogen-bond donors (Lipinski definition) is 0. The highest BCUT2D eigenvalue weighted by Crippen LogP contribution is 2.37. The van der Waals surface area contributed by atoms with Crippen molar-refractivity contribution < 1.29 is 4.79 Å². The molecule has 1 aromatic rings. The number of nitrogens with zero attached hydrogens (tertiary/aromatic N) is 2. The summed E-state index contributed by atoms with van der Waals surface area (Å²) in [6.07, 6.45) is 1.82. The third-order valence-electron chi connectivity index (χ3n) is 4.34. The van der Waals surface area contributed by atoms with E-state index < -0.39 is 0 Å². The van der Waals surface area contributed by atoms with Crippen molar-refractivity contribution in [1.82, 2.24) is 0 Å². The second-order valence-corrected chi connectivity index (χ2v) is 8.14. The van der Waals surface area contributed by atoms with Crippen LogP contribution in [0.1, 0.15) is 44.7 Å². The fourth-order valence-corrected chi connectivity index (χ4v) is 4.05. The van der Waals surface area contributed by atoms with Gasteiger partial charge in [-0.3, -0.25) is 4.79 Å². The number of fused-ring (bicyclic) bond motifs is 1. The zero-order chi connectivity index (χ0) is 16.6. The van der Waals surface area contributed by atoms with E-state index in [-0.39, 0.29) is 22.7 Å². The summed E-state index contributed by atoms with van der Waals surface area (Å²) < 4.78 is 0. The highest BCUT2D eigenvalue weighted by Gasteiger charge is 2.35. The van der Waals surface area contributed by atoms with Gasteiger partial charge in [0.2, 0.25) is 0 Å². The number of Topliss-reactive ketones (excluding diaryl/α,β-unsaturated/α-hetero) is 1. The monoisotopic (exact) mass is 324 g/mol. The van der Waals surface area contributed by atoms with Crippen molar-refractivity contribution in [3.63, 3.8) is 0 Å². The molecule has 1 saturated heterocycles. The topological polar surface area (TPSA) is 53.2 Å². The number of thioether (sulfide) groups is 1. The molecule has 2 aliphatic rings. The number of ketones is 1. The molecule has 1 fully saturated rings. The molecule has 0 saturated carbocycles. The average Bonchev–Trinajstić information content (AvgIpc) is 2.54. The smallest absolute Gasteiger partial charge is 0.185 e. The minimum absolute atomic E-state index is 0.0559. The molecule has 1 aromatic carbocycles. The van der Waals surface area contributed by atoms with Crippen LogP contribution in [0.15, 0.2) is 34.8 Å². The molecule has 1 atom stereocenters. The van der Waals surface area contributed by atoms with E-state index in [1.807, 2.05) is 12.1 Å². The highest BCUT2D eigenvalue weighted by atomic mass is 32.2. The lowest BCUT2D eigenvalue weighted by atomic mass is 9.85. The predicted molar refractivity (Wildman–Crippen MR) is 95.3 cm³/mol. The van der Waals surface area contributed by atoms with Crippen molar-refractivity contribution in [2.75, 3.05) is 5.75 Å². The zero-order valence-corrected chi connectivity index (χ0v) is 14.5. The molecule has 0 aliphatic carbocycles. The van der Waals surface area contributed by atoms with E-state index in [2.05, 4.69) is 44.0 Å². The molecule has 1 unspecified atom stereocenters. The Bertz CT molecular complexity index is 745. The maximum Gasteiger partial charge on any atom is 0.185 e. The molecule has 0 aromatic heterocycles. The number of carbonyl (C=O) groups excluding carboxylic acids is 1. The predicted octanol–water partition coefficient (Wildman–Crippen LogP) is 4.34. The molecule has 0 spiro atoms. The van der Waals surface area contributed by atoms with Crippen molar-refractivity contribution in [1.29, 1.82) is 5.26 Å². The van der Waals surface area contributed by atoms with E-state index in [0.29, 0.717) is 5.70 Å². The lowest BCUT2D eigenvalue weighted by molar-refractivity contribution is -0.117. The van der Waals surface area contributed by atoms with Crippen LogP contribution in [0.5, 0.6) is 0 Å². The van der Waals surface area contributed by atoms with Crippen LogP contribution in [-0.4, -0.2) is 16.6 Å². The molecule has 2 aliphatic heterocycles. The summed E-state index contributed by atoms with van der Waals surface area (Å²) in [5.74, 6) is 0.751. The Labute approximate surface area is 141 Å². The third kappa shape index (κ3) is 2.98. The Hall–Kier alpha value is -1.86. The van der Waals surface area contributed by atoms with Gasteiger partial charge in [0, 0.05) is 5.56 Å². The number of hydrogen-bond acceptors (Lipinski definition) is 4. The average molecular weight is 324 g/mol. The molecule has 118 valence electrons. The number of nitriles is 1. The van der Waals surface area contributed by atoms with Crippen LogP contribution in [0.25, 0.3) is 5.70 Å². The van der Waals surface area contributed by atoms with Crippen molar-refractivity contribution in [3.8, 4) is 6.07 Å². The molecule has 3 nitrogen and oxygen atoms in total. The van der Waals surface area contributed by atoms with Gasteiger partial charge >= 0.3 is 0 Å². The van der Waals surface area contributed by atoms with Crippen LogP contribution >= 0.6 is 11.8 Å². The molecule has 0 amide bonds. The Balaban J connectivity index is 2.05. The van der Waals surface area contributed by atoms with Gasteiger partial charge < -0.3 is 0 Å². The van der Waals surface area contributed by atoms with Gasteiger partial charge in [0.1, 0.15) is 11.6 Å². The standard InChI is InChI=1S/C19H20N2OS/c1-19(2,3)13-8-6-12(7-9-13)16-15(11-20)17(22)14-5-4-10-23-18(14)21-16/h6-9,14H,4-5,10H2,1-3H3. The first-order chi connectivity index (χ1) is 10.9. The number of aliphatic imine (C=N–C) groups is 1. The summed E-state index contributed by atoms with van der Waals surface area (Å²) >= 11 is 1.65. The second kappa shape index (κ2) is 5.98. The number of carbonyl (C=O) groups is 1. The van der Waals surface area contributed by atoms with E-state index in [9.17, 15) is 10.1 Å². The molecule has 0 radical (unpaired) electrons. The summed E-state index contributed by atoms with van der Waals surface area (Å²) in [5, 5.41) is 10.3. The third-order valence-corrected chi connectivity index (χ3v) is 5.51. The summed E-state index contributed by atoms with van der Waals surface area (Å²) in [5.41, 5.74) is 2.90. The number of allylic oxidation sites excluding steroid dienone is 1. The normalized spacial score (nSPS) is 21.6.